The van der Waals surface area contributed by atoms with Gasteiger partial charge in [-0.15, -0.1) is 0 Å². The standard InChI is InChI=1S/C30H24ClN3O5S2/c1-15-7-10-18(11-8-15)34-28(36)24-23(25-27(33-30(38)41-25)40-26(24)29(34)37)19-13-17(31)9-12-21(19)39-14-22(35)32-20-6-4-3-5-16(20)2/h3-13,23-24,26H,14H2,1-2H3,(H,32,35)(H,33,38). The van der Waals surface area contributed by atoms with Gasteiger partial charge in [0.25, 0.3) is 5.91 Å². The summed E-state index contributed by atoms with van der Waals surface area (Å²) in [6, 6.07) is 19.6. The molecule has 6 rings (SSSR count). The van der Waals surface area contributed by atoms with Gasteiger partial charge in [-0.2, -0.15) is 0 Å². The lowest BCUT2D eigenvalue weighted by Gasteiger charge is -2.31. The van der Waals surface area contributed by atoms with Gasteiger partial charge in [-0.05, 0) is 55.8 Å². The first kappa shape index (κ1) is 27.3. The maximum absolute atomic E-state index is 14.0. The number of hydrogen-bond acceptors (Lipinski definition) is 7. The van der Waals surface area contributed by atoms with Crippen LogP contribution < -0.4 is 19.8 Å². The van der Waals surface area contributed by atoms with Crippen LogP contribution in [0, 0.1) is 19.8 Å². The van der Waals surface area contributed by atoms with Crippen molar-refractivity contribution < 1.29 is 19.1 Å². The van der Waals surface area contributed by atoms with Crippen molar-refractivity contribution in [1.82, 2.24) is 4.98 Å². The Morgan fingerprint density at radius 2 is 1.78 bits per heavy atom. The van der Waals surface area contributed by atoms with E-state index in [0.29, 0.717) is 37.6 Å². The summed E-state index contributed by atoms with van der Waals surface area (Å²) in [6.07, 6.45) is 0. The molecule has 0 aliphatic carbocycles. The fourth-order valence-corrected chi connectivity index (χ4v) is 7.92. The van der Waals surface area contributed by atoms with E-state index < -0.39 is 17.1 Å². The van der Waals surface area contributed by atoms with E-state index in [2.05, 4.69) is 10.3 Å². The number of rotatable bonds is 6. The minimum Gasteiger partial charge on any atom is -0.483 e. The molecule has 11 heteroatoms. The Bertz CT molecular complexity index is 1750. The number of hydrogen-bond donors (Lipinski definition) is 2. The Morgan fingerprint density at radius 1 is 1.02 bits per heavy atom. The number of halogens is 1. The predicted octanol–water partition coefficient (Wildman–Crippen LogP) is 5.52. The first-order chi connectivity index (χ1) is 19.7. The highest BCUT2D eigenvalue weighted by Crippen LogP contribution is 2.54. The number of aromatic amines is 1. The second kappa shape index (κ2) is 10.8. The number of benzene rings is 3. The third-order valence-electron chi connectivity index (χ3n) is 7.20. The number of aryl methyl sites for hydroxylation is 2. The molecule has 41 heavy (non-hydrogen) atoms. The summed E-state index contributed by atoms with van der Waals surface area (Å²) < 4.78 is 6.01. The molecule has 3 unspecified atom stereocenters. The fraction of sp³-hybridized carbons (Fsp3) is 0.200. The van der Waals surface area contributed by atoms with E-state index in [0.717, 1.165) is 22.5 Å². The summed E-state index contributed by atoms with van der Waals surface area (Å²) in [5, 5.41) is 3.02. The lowest BCUT2D eigenvalue weighted by molar-refractivity contribution is -0.122. The normalized spacial score (nSPS) is 19.6. The van der Waals surface area contributed by atoms with Crippen LogP contribution in [0.15, 0.2) is 76.6 Å². The van der Waals surface area contributed by atoms with Gasteiger partial charge in [0.15, 0.2) is 6.61 Å². The molecule has 2 N–H and O–H groups in total. The molecule has 3 amide bonds. The molecular weight excluding hydrogens is 582 g/mol. The zero-order chi connectivity index (χ0) is 28.8. The first-order valence-corrected chi connectivity index (χ1v) is 14.9. The Labute approximate surface area is 248 Å². The lowest BCUT2D eigenvalue weighted by Crippen LogP contribution is -2.32. The number of thioether (sulfide) groups is 1. The van der Waals surface area contributed by atoms with Crippen LogP contribution in [0.4, 0.5) is 11.4 Å². The number of nitrogens with zero attached hydrogens (tertiary/aromatic N) is 1. The van der Waals surface area contributed by atoms with Crippen molar-refractivity contribution in [2.75, 3.05) is 16.8 Å². The van der Waals surface area contributed by atoms with Crippen LogP contribution in [0.2, 0.25) is 5.02 Å². The van der Waals surface area contributed by atoms with Gasteiger partial charge in [-0.1, -0.05) is 70.6 Å². The second-order valence-corrected chi connectivity index (χ2v) is 12.5. The first-order valence-electron chi connectivity index (χ1n) is 12.8. The number of carbonyl (C=O) groups is 3. The van der Waals surface area contributed by atoms with Gasteiger partial charge in [0.05, 0.1) is 16.6 Å². The third-order valence-corrected chi connectivity index (χ3v) is 9.84. The summed E-state index contributed by atoms with van der Waals surface area (Å²) in [7, 11) is 0. The van der Waals surface area contributed by atoms with Gasteiger partial charge in [-0.3, -0.25) is 19.2 Å². The van der Waals surface area contributed by atoms with E-state index in [1.807, 2.05) is 44.2 Å². The van der Waals surface area contributed by atoms with E-state index in [1.54, 1.807) is 36.4 Å². The number of anilines is 2. The van der Waals surface area contributed by atoms with Crippen LogP contribution >= 0.6 is 34.7 Å². The monoisotopic (exact) mass is 605 g/mol. The van der Waals surface area contributed by atoms with E-state index in [9.17, 15) is 19.2 Å². The van der Waals surface area contributed by atoms with E-state index in [4.69, 9.17) is 16.3 Å². The van der Waals surface area contributed by atoms with Crippen LogP contribution in [0.3, 0.4) is 0 Å². The Hall–Kier alpha value is -3.86. The Balaban J connectivity index is 1.37. The molecule has 208 valence electrons. The number of thiazole rings is 1. The second-order valence-electron chi connectivity index (χ2n) is 9.93. The maximum Gasteiger partial charge on any atom is 0.305 e. The van der Waals surface area contributed by atoms with E-state index in [-0.39, 0.29) is 29.2 Å². The molecule has 3 aromatic carbocycles. The molecule has 0 bridgehead atoms. The van der Waals surface area contributed by atoms with Crippen molar-refractivity contribution in [2.45, 2.75) is 30.0 Å². The SMILES string of the molecule is Cc1ccc(N2C(=O)C3Sc4[nH]c(=O)sc4C(c4cc(Cl)ccc4OCC(=O)Nc4ccccc4C)C3C2=O)cc1. The highest BCUT2D eigenvalue weighted by molar-refractivity contribution is 8.00. The van der Waals surface area contributed by atoms with Crippen LogP contribution in [-0.2, 0) is 14.4 Å². The van der Waals surface area contributed by atoms with Gasteiger partial charge in [-0.25, -0.2) is 4.90 Å². The number of H-pyrrole nitrogens is 1. The molecule has 0 spiro atoms. The van der Waals surface area contributed by atoms with Crippen LogP contribution in [0.5, 0.6) is 5.75 Å². The average molecular weight is 606 g/mol. The topological polar surface area (TPSA) is 109 Å². The van der Waals surface area contributed by atoms with Crippen molar-refractivity contribution in [3.05, 3.63) is 103 Å². The number of nitrogens with one attached hydrogen (secondary N) is 2. The molecule has 8 nitrogen and oxygen atoms in total. The number of para-hydroxylation sites is 1. The molecule has 1 saturated heterocycles. The van der Waals surface area contributed by atoms with E-state index in [1.165, 1.54) is 16.7 Å². The van der Waals surface area contributed by atoms with Crippen LogP contribution in [0.1, 0.15) is 27.5 Å². The number of carbonyl (C=O) groups excluding carboxylic acids is 3. The Kier molecular flexibility index (Phi) is 7.23. The van der Waals surface area contributed by atoms with Crippen LogP contribution in [-0.4, -0.2) is 34.6 Å². The number of aromatic nitrogens is 1. The lowest BCUT2D eigenvalue weighted by atomic mass is 9.82. The molecular formula is C30H24ClN3O5S2. The van der Waals surface area contributed by atoms with Crippen molar-refractivity contribution in [2.24, 2.45) is 5.92 Å². The van der Waals surface area contributed by atoms with Gasteiger partial charge in [0.2, 0.25) is 11.8 Å². The smallest absolute Gasteiger partial charge is 0.305 e. The van der Waals surface area contributed by atoms with E-state index >= 15 is 0 Å². The van der Waals surface area contributed by atoms with Gasteiger partial charge in [0, 0.05) is 27.1 Å². The molecule has 4 aromatic rings. The van der Waals surface area contributed by atoms with Crippen LogP contribution in [0.25, 0.3) is 0 Å². The van der Waals surface area contributed by atoms with Gasteiger partial charge >= 0.3 is 4.87 Å². The average Bonchev–Trinajstić information content (AvgIpc) is 3.44. The summed E-state index contributed by atoms with van der Waals surface area (Å²) in [5.41, 5.74) is 3.62. The quantitative estimate of drug-likeness (QED) is 0.280. The molecule has 2 aliphatic heterocycles. The minimum atomic E-state index is -0.811. The molecule has 3 heterocycles. The maximum atomic E-state index is 14.0. The molecule has 0 radical (unpaired) electrons. The largest absolute Gasteiger partial charge is 0.483 e. The summed E-state index contributed by atoms with van der Waals surface area (Å²) in [5.74, 6) is -2.24. The summed E-state index contributed by atoms with van der Waals surface area (Å²) in [4.78, 5) is 57.3. The molecule has 1 fully saturated rings. The minimum absolute atomic E-state index is 0.287. The molecule has 3 atom stereocenters. The summed E-state index contributed by atoms with van der Waals surface area (Å²) in [6.45, 7) is 3.53. The summed E-state index contributed by atoms with van der Waals surface area (Å²) >= 11 is 8.63. The third kappa shape index (κ3) is 5.07. The highest BCUT2D eigenvalue weighted by Gasteiger charge is 2.56. The highest BCUT2D eigenvalue weighted by atomic mass is 35.5. The Morgan fingerprint density at radius 3 is 2.54 bits per heavy atom. The van der Waals surface area contributed by atoms with Crippen molar-refractivity contribution in [3.63, 3.8) is 0 Å². The predicted molar refractivity (Wildman–Crippen MR) is 160 cm³/mol. The number of ether oxygens (including phenoxy) is 1. The van der Waals surface area contributed by atoms with Gasteiger partial charge < -0.3 is 15.0 Å². The molecule has 2 aliphatic rings. The van der Waals surface area contributed by atoms with Crippen molar-refractivity contribution >= 4 is 63.8 Å². The number of imide groups is 1. The van der Waals surface area contributed by atoms with Gasteiger partial charge in [0.1, 0.15) is 11.0 Å². The number of amides is 3. The fourth-order valence-electron chi connectivity index (χ4n) is 5.24. The molecule has 0 saturated carbocycles. The zero-order valence-corrected chi connectivity index (χ0v) is 24.4. The number of fused-ring (bicyclic) bond motifs is 2. The van der Waals surface area contributed by atoms with Crippen molar-refractivity contribution in [3.8, 4) is 5.75 Å². The van der Waals surface area contributed by atoms with Crippen molar-refractivity contribution in [1.29, 1.82) is 0 Å². The molecule has 1 aromatic heterocycles. The zero-order valence-electron chi connectivity index (χ0n) is 22.0.